The third-order valence-electron chi connectivity index (χ3n) is 6.86. The molecule has 1 amide bonds. The summed E-state index contributed by atoms with van der Waals surface area (Å²) in [4.78, 5) is 31.8. The SMILES string of the molecule is CCCOc1ccc(C(Cn2cc[n+](CC(=O)Nc3cccc(OC)c3)c2)OCCc2ccc(C#N)cc2)cc1.O=C([O-])CCC(=O)O. The number of aromatic nitrogens is 2. The van der Waals surface area contributed by atoms with Gasteiger partial charge in [-0.15, -0.1) is 0 Å². The van der Waals surface area contributed by atoms with Crippen LogP contribution in [0.5, 0.6) is 11.5 Å². The van der Waals surface area contributed by atoms with Crippen LogP contribution in [0.4, 0.5) is 5.69 Å². The van der Waals surface area contributed by atoms with E-state index < -0.39 is 18.4 Å². The van der Waals surface area contributed by atoms with Crippen molar-refractivity contribution in [2.45, 2.75) is 51.8 Å². The molecule has 12 heteroatoms. The normalized spacial score (nSPS) is 10.9. The van der Waals surface area contributed by atoms with Crippen molar-refractivity contribution in [3.63, 3.8) is 0 Å². The smallest absolute Gasteiger partial charge is 0.303 e. The Balaban J connectivity index is 0.000000694. The number of imidazole rings is 1. The molecule has 4 aromatic rings. The van der Waals surface area contributed by atoms with Crippen LogP contribution in [-0.4, -0.2) is 47.8 Å². The molecular weight excluding hydrogens is 616 g/mol. The average molecular weight is 657 g/mol. The lowest BCUT2D eigenvalue weighted by Gasteiger charge is -2.17. The number of ether oxygens (including phenoxy) is 3. The van der Waals surface area contributed by atoms with Gasteiger partial charge in [-0.05, 0) is 66.8 Å². The topological polar surface area (TPSA) is 167 Å². The van der Waals surface area contributed by atoms with Gasteiger partial charge in [0.25, 0.3) is 5.91 Å². The van der Waals surface area contributed by atoms with Crippen LogP contribution in [-0.2, 0) is 38.6 Å². The fourth-order valence-electron chi connectivity index (χ4n) is 4.43. The van der Waals surface area contributed by atoms with Crippen LogP contribution in [0.1, 0.15) is 49.0 Å². The molecule has 12 nitrogen and oxygen atoms in total. The number of anilines is 1. The molecule has 0 radical (unpaired) electrons. The molecule has 0 spiro atoms. The summed E-state index contributed by atoms with van der Waals surface area (Å²) in [7, 11) is 1.60. The lowest BCUT2D eigenvalue weighted by atomic mass is 10.1. The molecule has 0 aliphatic rings. The van der Waals surface area contributed by atoms with E-state index in [4.69, 9.17) is 24.6 Å². The van der Waals surface area contributed by atoms with Gasteiger partial charge in [0.2, 0.25) is 6.33 Å². The van der Waals surface area contributed by atoms with E-state index in [-0.39, 0.29) is 25.0 Å². The fraction of sp³-hybridized carbons (Fsp3) is 0.306. The minimum absolute atomic E-state index is 0.131. The first-order valence-corrected chi connectivity index (χ1v) is 15.4. The summed E-state index contributed by atoms with van der Waals surface area (Å²) in [6.07, 6.45) is 6.43. The van der Waals surface area contributed by atoms with E-state index in [0.717, 1.165) is 29.7 Å². The van der Waals surface area contributed by atoms with Crippen LogP contribution in [0, 0.1) is 11.3 Å². The summed E-state index contributed by atoms with van der Waals surface area (Å²) >= 11 is 0. The van der Waals surface area contributed by atoms with Gasteiger partial charge in [0.1, 0.15) is 36.5 Å². The molecule has 48 heavy (non-hydrogen) atoms. The monoisotopic (exact) mass is 656 g/mol. The molecule has 3 aromatic carbocycles. The number of carboxylic acid groups (broad SMARTS) is 2. The first-order chi connectivity index (χ1) is 23.2. The molecule has 1 unspecified atom stereocenters. The Kier molecular flexibility index (Phi) is 15.1. The van der Waals surface area contributed by atoms with Gasteiger partial charge < -0.3 is 34.5 Å². The quantitative estimate of drug-likeness (QED) is 0.161. The summed E-state index contributed by atoms with van der Waals surface area (Å²) in [6.45, 7) is 4.04. The molecule has 0 saturated heterocycles. The van der Waals surface area contributed by atoms with E-state index in [9.17, 15) is 19.5 Å². The Morgan fingerprint density at radius 2 is 1.77 bits per heavy atom. The van der Waals surface area contributed by atoms with Crippen LogP contribution < -0.4 is 24.5 Å². The number of hydrogen-bond donors (Lipinski definition) is 2. The lowest BCUT2D eigenvalue weighted by molar-refractivity contribution is -0.683. The van der Waals surface area contributed by atoms with Gasteiger partial charge in [0.05, 0.1) is 38.4 Å². The molecule has 0 saturated carbocycles. The molecule has 252 valence electrons. The van der Waals surface area contributed by atoms with Crippen LogP contribution in [0.25, 0.3) is 0 Å². The molecule has 4 rings (SSSR count). The number of rotatable bonds is 17. The van der Waals surface area contributed by atoms with Crippen LogP contribution in [0.3, 0.4) is 0 Å². The van der Waals surface area contributed by atoms with Gasteiger partial charge in [-0.2, -0.15) is 5.26 Å². The number of nitriles is 1. The molecule has 1 aromatic heterocycles. The van der Waals surface area contributed by atoms with Crippen LogP contribution in [0.15, 0.2) is 91.5 Å². The zero-order valence-electron chi connectivity index (χ0n) is 27.0. The van der Waals surface area contributed by atoms with E-state index in [2.05, 4.69) is 18.3 Å². The van der Waals surface area contributed by atoms with Crippen molar-refractivity contribution in [3.05, 3.63) is 108 Å². The Hall–Kier alpha value is -5.67. The lowest BCUT2D eigenvalue weighted by Crippen LogP contribution is -2.38. The second kappa shape index (κ2) is 19.8. The van der Waals surface area contributed by atoms with Gasteiger partial charge in [-0.1, -0.05) is 37.3 Å². The highest BCUT2D eigenvalue weighted by molar-refractivity contribution is 5.89. The maximum Gasteiger partial charge on any atom is 0.303 e. The first kappa shape index (κ1) is 36.8. The van der Waals surface area contributed by atoms with Crippen molar-refractivity contribution in [1.29, 1.82) is 5.26 Å². The molecule has 0 bridgehead atoms. The second-order valence-electron chi connectivity index (χ2n) is 10.7. The number of benzene rings is 3. The van der Waals surface area contributed by atoms with E-state index in [1.54, 1.807) is 13.2 Å². The molecule has 0 aliphatic carbocycles. The van der Waals surface area contributed by atoms with Gasteiger partial charge in [0, 0.05) is 17.7 Å². The predicted molar refractivity (Wildman–Crippen MR) is 174 cm³/mol. The van der Waals surface area contributed by atoms with E-state index in [1.807, 2.05) is 94.6 Å². The summed E-state index contributed by atoms with van der Waals surface area (Å²) in [5.41, 5.74) is 3.49. The number of carbonyl (C=O) groups is 3. The van der Waals surface area contributed by atoms with Gasteiger partial charge in [-0.3, -0.25) is 9.59 Å². The zero-order chi connectivity index (χ0) is 34.7. The number of hydrogen-bond acceptors (Lipinski definition) is 8. The minimum atomic E-state index is -1.33. The van der Waals surface area contributed by atoms with Crippen molar-refractivity contribution >= 4 is 23.5 Å². The van der Waals surface area contributed by atoms with Gasteiger partial charge >= 0.3 is 5.97 Å². The number of carbonyl (C=O) groups excluding carboxylic acids is 2. The van der Waals surface area contributed by atoms with Crippen molar-refractivity contribution in [2.24, 2.45) is 0 Å². The fourth-order valence-corrected chi connectivity index (χ4v) is 4.43. The second-order valence-corrected chi connectivity index (χ2v) is 10.7. The van der Waals surface area contributed by atoms with Crippen molar-refractivity contribution in [1.82, 2.24) is 4.57 Å². The molecule has 1 atom stereocenters. The van der Waals surface area contributed by atoms with E-state index in [1.165, 1.54) is 0 Å². The Morgan fingerprint density at radius 3 is 2.40 bits per heavy atom. The third-order valence-corrected chi connectivity index (χ3v) is 6.86. The highest BCUT2D eigenvalue weighted by Gasteiger charge is 2.18. The number of nitrogens with zero attached hydrogens (tertiary/aromatic N) is 3. The Morgan fingerprint density at radius 1 is 1.02 bits per heavy atom. The standard InChI is InChI=1S/C32H34N4O4.C4H6O4/c1-3-18-39-29-13-11-27(12-14-29)31(40-19-15-25-7-9-26(21-33)10-8-25)22-35-16-17-36(24-35)23-32(37)34-28-5-4-6-30(20-28)38-2;5-3(6)1-2-4(7)8/h4-14,16-17,20,24,31H,3,15,18-19,22-23H2,1-2H3;1-2H2,(H,5,6)(H,7,8). The maximum atomic E-state index is 12.6. The first-order valence-electron chi connectivity index (χ1n) is 15.4. The van der Waals surface area contributed by atoms with Gasteiger partial charge in [-0.25, -0.2) is 9.13 Å². The van der Waals surface area contributed by atoms with E-state index >= 15 is 0 Å². The van der Waals surface area contributed by atoms with Crippen LogP contribution in [0.2, 0.25) is 0 Å². The number of carboxylic acids is 2. The number of methoxy groups -OCH3 is 1. The van der Waals surface area contributed by atoms with Crippen molar-refractivity contribution in [3.8, 4) is 17.6 Å². The Bertz CT molecular complexity index is 1630. The average Bonchev–Trinajstić information content (AvgIpc) is 3.53. The van der Waals surface area contributed by atoms with Crippen molar-refractivity contribution in [2.75, 3.05) is 25.6 Å². The molecule has 0 aliphatic heterocycles. The summed E-state index contributed by atoms with van der Waals surface area (Å²) < 4.78 is 21.2. The third kappa shape index (κ3) is 13.4. The van der Waals surface area contributed by atoms with Gasteiger partial charge in [0.15, 0.2) is 6.54 Å². The minimum Gasteiger partial charge on any atom is -0.550 e. The number of amides is 1. The predicted octanol–water partition coefficient (Wildman–Crippen LogP) is 3.69. The zero-order valence-corrected chi connectivity index (χ0v) is 27.0. The highest BCUT2D eigenvalue weighted by atomic mass is 16.5. The summed E-state index contributed by atoms with van der Waals surface area (Å²) in [6, 6.07) is 25.0. The summed E-state index contributed by atoms with van der Waals surface area (Å²) in [5, 5.41) is 29.3. The number of aliphatic carboxylic acids is 2. The molecule has 2 N–H and O–H groups in total. The maximum absolute atomic E-state index is 12.6. The number of nitrogens with one attached hydrogen (secondary N) is 1. The van der Waals surface area contributed by atoms with Crippen molar-refractivity contribution < 1.29 is 43.4 Å². The molecule has 1 heterocycles. The molecular formula is C36H40N4O8. The molecule has 0 fully saturated rings. The summed E-state index contributed by atoms with van der Waals surface area (Å²) in [5.74, 6) is -1.05. The largest absolute Gasteiger partial charge is 0.550 e. The highest BCUT2D eigenvalue weighted by Crippen LogP contribution is 2.23. The Labute approximate surface area is 279 Å². The van der Waals surface area contributed by atoms with E-state index in [0.29, 0.717) is 36.8 Å². The van der Waals surface area contributed by atoms with Crippen LogP contribution >= 0.6 is 0 Å².